The Labute approximate surface area is 138 Å². The molecule has 1 amide bonds. The lowest BCUT2D eigenvalue weighted by molar-refractivity contribution is 0.0922. The zero-order chi connectivity index (χ0) is 17.3. The molecule has 3 rings (SSSR count). The molecule has 1 aliphatic heterocycles. The van der Waals surface area contributed by atoms with Crippen molar-refractivity contribution >= 4 is 5.91 Å². The molecule has 1 aromatic heterocycles. The van der Waals surface area contributed by atoms with Crippen molar-refractivity contribution in [3.05, 3.63) is 59.2 Å². The van der Waals surface area contributed by atoms with E-state index in [0.717, 1.165) is 18.3 Å². The molecule has 2 atom stereocenters. The van der Waals surface area contributed by atoms with E-state index >= 15 is 0 Å². The van der Waals surface area contributed by atoms with E-state index < -0.39 is 11.6 Å². The highest BCUT2D eigenvalue weighted by atomic mass is 19.2. The van der Waals surface area contributed by atoms with Gasteiger partial charge in [0.2, 0.25) is 0 Å². The molecule has 24 heavy (non-hydrogen) atoms. The number of aromatic nitrogens is 2. The molecule has 5 nitrogen and oxygen atoms in total. The third kappa shape index (κ3) is 3.26. The molecular weight excluding hydrogens is 314 g/mol. The fourth-order valence-corrected chi connectivity index (χ4v) is 3.03. The maximum absolute atomic E-state index is 13.6. The average molecular weight is 332 g/mol. The smallest absolute Gasteiger partial charge is 0.271 e. The second kappa shape index (κ2) is 6.60. The van der Waals surface area contributed by atoms with Gasteiger partial charge in [-0.25, -0.2) is 13.8 Å². The number of hydrogen-bond donors (Lipinski definition) is 1. The van der Waals surface area contributed by atoms with Crippen LogP contribution in [0.5, 0.6) is 0 Å². The number of likely N-dealkylation sites (N-methyl/N-ethyl adjacent to an activating group) is 1. The van der Waals surface area contributed by atoms with Gasteiger partial charge in [0.25, 0.3) is 5.91 Å². The van der Waals surface area contributed by atoms with Gasteiger partial charge >= 0.3 is 0 Å². The van der Waals surface area contributed by atoms with Crippen LogP contribution in [0.2, 0.25) is 0 Å². The van der Waals surface area contributed by atoms with Crippen LogP contribution in [-0.4, -0.2) is 40.4 Å². The molecule has 0 radical (unpaired) electrons. The molecule has 7 heteroatoms. The van der Waals surface area contributed by atoms with E-state index in [9.17, 15) is 13.6 Å². The lowest BCUT2D eigenvalue weighted by atomic mass is 9.99. The third-order valence-electron chi connectivity index (χ3n) is 4.26. The second-order valence-electron chi connectivity index (χ2n) is 6.01. The van der Waals surface area contributed by atoms with Crippen LogP contribution in [0.4, 0.5) is 8.78 Å². The van der Waals surface area contributed by atoms with Crippen LogP contribution in [0, 0.1) is 18.6 Å². The molecule has 0 spiro atoms. The molecule has 126 valence electrons. The number of nitrogens with one attached hydrogen (secondary N) is 1. The number of amides is 1. The lowest BCUT2D eigenvalue weighted by Gasteiger charge is -2.26. The molecule has 2 heterocycles. The van der Waals surface area contributed by atoms with Crippen LogP contribution < -0.4 is 5.32 Å². The molecule has 1 aromatic carbocycles. The highest BCUT2D eigenvalue weighted by molar-refractivity contribution is 5.92. The molecule has 0 aliphatic carbocycles. The van der Waals surface area contributed by atoms with Crippen molar-refractivity contribution in [2.75, 3.05) is 13.6 Å². The first-order valence-electron chi connectivity index (χ1n) is 7.70. The fourth-order valence-electron chi connectivity index (χ4n) is 3.03. The summed E-state index contributed by atoms with van der Waals surface area (Å²) in [5.74, 6) is -2.09. The Bertz CT molecular complexity index is 751. The van der Waals surface area contributed by atoms with E-state index in [1.807, 2.05) is 11.9 Å². The SMILES string of the molecule is Cc1cnc(C(=O)N[C@H]2CCN(C)[C@H]2c2ccc(F)c(F)c2)cn1. The summed E-state index contributed by atoms with van der Waals surface area (Å²) < 4.78 is 26.7. The van der Waals surface area contributed by atoms with Gasteiger partial charge in [0, 0.05) is 12.7 Å². The quantitative estimate of drug-likeness (QED) is 0.936. The standard InChI is InChI=1S/C17H18F2N4O/c1-10-8-21-15(9-20-10)17(24)22-14-5-6-23(2)16(14)11-3-4-12(18)13(19)7-11/h3-4,7-9,14,16H,5-6H2,1-2H3,(H,22,24)/t14-,16-/m0/s1. The van der Waals surface area contributed by atoms with Crippen LogP contribution in [-0.2, 0) is 0 Å². The second-order valence-corrected chi connectivity index (χ2v) is 6.01. The van der Waals surface area contributed by atoms with Gasteiger partial charge in [-0.1, -0.05) is 6.07 Å². The first-order chi connectivity index (χ1) is 11.5. The predicted molar refractivity (Wildman–Crippen MR) is 84.4 cm³/mol. The van der Waals surface area contributed by atoms with Gasteiger partial charge in [0.15, 0.2) is 11.6 Å². The topological polar surface area (TPSA) is 58.1 Å². The summed E-state index contributed by atoms with van der Waals surface area (Å²) in [6, 6.07) is 3.42. The minimum absolute atomic E-state index is 0.213. The maximum atomic E-state index is 13.6. The molecule has 1 N–H and O–H groups in total. The monoisotopic (exact) mass is 332 g/mol. The molecule has 1 saturated heterocycles. The lowest BCUT2D eigenvalue weighted by Crippen LogP contribution is -2.39. The van der Waals surface area contributed by atoms with E-state index in [4.69, 9.17) is 0 Å². The molecule has 1 fully saturated rings. The van der Waals surface area contributed by atoms with Crippen LogP contribution in [0.15, 0.2) is 30.6 Å². The van der Waals surface area contributed by atoms with Crippen molar-refractivity contribution in [2.24, 2.45) is 0 Å². The minimum atomic E-state index is -0.887. The van der Waals surface area contributed by atoms with E-state index in [1.165, 1.54) is 18.5 Å². The van der Waals surface area contributed by atoms with E-state index in [0.29, 0.717) is 12.0 Å². The molecule has 0 bridgehead atoms. The predicted octanol–water partition coefficient (Wildman–Crippen LogP) is 2.24. The van der Waals surface area contributed by atoms with Gasteiger partial charge in [-0.2, -0.15) is 0 Å². The van der Waals surface area contributed by atoms with Crippen LogP contribution >= 0.6 is 0 Å². The Morgan fingerprint density at radius 1 is 1.25 bits per heavy atom. The van der Waals surface area contributed by atoms with Crippen LogP contribution in [0.25, 0.3) is 0 Å². The Hall–Kier alpha value is -2.41. The Kier molecular flexibility index (Phi) is 4.53. The summed E-state index contributed by atoms with van der Waals surface area (Å²) in [5.41, 5.74) is 1.60. The highest BCUT2D eigenvalue weighted by Crippen LogP contribution is 2.31. The largest absolute Gasteiger partial charge is 0.346 e. The summed E-state index contributed by atoms with van der Waals surface area (Å²) in [5, 5.41) is 2.93. The maximum Gasteiger partial charge on any atom is 0.271 e. The van der Waals surface area contributed by atoms with Gasteiger partial charge in [0.05, 0.1) is 24.0 Å². The zero-order valence-electron chi connectivity index (χ0n) is 13.5. The van der Waals surface area contributed by atoms with Gasteiger partial charge in [0.1, 0.15) is 5.69 Å². The Morgan fingerprint density at radius 2 is 2.04 bits per heavy atom. The highest BCUT2D eigenvalue weighted by Gasteiger charge is 2.34. The number of nitrogens with zero attached hydrogens (tertiary/aromatic N) is 3. The number of likely N-dealkylation sites (tertiary alicyclic amines) is 1. The van der Waals surface area contributed by atoms with Gasteiger partial charge in [-0.3, -0.25) is 14.7 Å². The fraction of sp³-hybridized carbons (Fsp3) is 0.353. The van der Waals surface area contributed by atoms with Crippen molar-refractivity contribution in [3.8, 4) is 0 Å². The normalized spacial score (nSPS) is 21.0. The minimum Gasteiger partial charge on any atom is -0.346 e. The summed E-state index contributed by atoms with van der Waals surface area (Å²) in [6.07, 6.45) is 3.67. The van der Waals surface area contributed by atoms with E-state index in [2.05, 4.69) is 15.3 Å². The van der Waals surface area contributed by atoms with Crippen molar-refractivity contribution in [1.82, 2.24) is 20.2 Å². The number of carbonyl (C=O) groups excluding carboxylic acids is 1. The number of aryl methyl sites for hydroxylation is 1. The first kappa shape index (κ1) is 16.4. The van der Waals surface area contributed by atoms with Gasteiger partial charge < -0.3 is 5.32 Å². The van der Waals surface area contributed by atoms with E-state index in [-0.39, 0.29) is 23.7 Å². The summed E-state index contributed by atoms with van der Waals surface area (Å²) in [4.78, 5) is 22.5. The zero-order valence-corrected chi connectivity index (χ0v) is 13.5. The Balaban J connectivity index is 1.80. The number of carbonyl (C=O) groups is 1. The summed E-state index contributed by atoms with van der Waals surface area (Å²) in [6.45, 7) is 2.54. The third-order valence-corrected chi connectivity index (χ3v) is 4.26. The molecule has 0 saturated carbocycles. The number of rotatable bonds is 3. The molecular formula is C17H18F2N4O. The molecule has 0 unspecified atom stereocenters. The number of benzene rings is 1. The van der Waals surface area contributed by atoms with Crippen LogP contribution in [0.1, 0.15) is 34.2 Å². The Morgan fingerprint density at radius 3 is 2.71 bits per heavy atom. The number of halogens is 2. The summed E-state index contributed by atoms with van der Waals surface area (Å²) in [7, 11) is 1.89. The van der Waals surface area contributed by atoms with Crippen molar-refractivity contribution < 1.29 is 13.6 Å². The summed E-state index contributed by atoms with van der Waals surface area (Å²) >= 11 is 0. The van der Waals surface area contributed by atoms with Crippen LogP contribution in [0.3, 0.4) is 0 Å². The first-order valence-corrected chi connectivity index (χ1v) is 7.70. The average Bonchev–Trinajstić information content (AvgIpc) is 2.91. The molecule has 2 aromatic rings. The number of hydrogen-bond acceptors (Lipinski definition) is 4. The van der Waals surface area contributed by atoms with Gasteiger partial charge in [-0.05, 0) is 38.1 Å². The van der Waals surface area contributed by atoms with Crippen molar-refractivity contribution in [2.45, 2.75) is 25.4 Å². The van der Waals surface area contributed by atoms with Crippen molar-refractivity contribution in [1.29, 1.82) is 0 Å². The van der Waals surface area contributed by atoms with E-state index in [1.54, 1.807) is 13.0 Å². The van der Waals surface area contributed by atoms with Gasteiger partial charge in [-0.15, -0.1) is 0 Å². The molecule has 1 aliphatic rings. The van der Waals surface area contributed by atoms with Crippen molar-refractivity contribution in [3.63, 3.8) is 0 Å².